The lowest BCUT2D eigenvalue weighted by atomic mass is 10.1. The predicted molar refractivity (Wildman–Crippen MR) is 68.7 cm³/mol. The van der Waals surface area contributed by atoms with E-state index in [1.807, 2.05) is 0 Å². The molecule has 1 heterocycles. The van der Waals surface area contributed by atoms with Crippen molar-refractivity contribution in [2.24, 2.45) is 5.73 Å². The zero-order valence-electron chi connectivity index (χ0n) is 10.1. The van der Waals surface area contributed by atoms with E-state index >= 15 is 0 Å². The number of hydrogen-bond acceptors (Lipinski definition) is 3. The molecule has 0 amide bonds. The van der Waals surface area contributed by atoms with E-state index in [1.165, 1.54) is 30.6 Å². The summed E-state index contributed by atoms with van der Waals surface area (Å²) in [5.41, 5.74) is 4.82. The average Bonchev–Trinajstić information content (AvgIpc) is 2.40. The quantitative estimate of drug-likeness (QED) is 0.932. The smallest absolute Gasteiger partial charge is 0.419 e. The molecule has 7 heteroatoms. The molecule has 1 aromatic carbocycles. The summed E-state index contributed by atoms with van der Waals surface area (Å²) in [6.07, 6.45) is -1.87. The number of benzene rings is 1. The van der Waals surface area contributed by atoms with Crippen molar-refractivity contribution in [1.29, 1.82) is 0 Å². The van der Waals surface area contributed by atoms with Gasteiger partial charge in [0.2, 0.25) is 0 Å². The van der Waals surface area contributed by atoms with Crippen molar-refractivity contribution < 1.29 is 17.9 Å². The van der Waals surface area contributed by atoms with Crippen LogP contribution < -0.4 is 10.5 Å². The van der Waals surface area contributed by atoms with Gasteiger partial charge in [0.25, 0.3) is 0 Å². The highest BCUT2D eigenvalue weighted by Gasteiger charge is 2.35. The molecule has 0 radical (unpaired) electrons. The van der Waals surface area contributed by atoms with Crippen LogP contribution in [0.15, 0.2) is 36.7 Å². The topological polar surface area (TPSA) is 48.1 Å². The molecular formula is C13H10ClF3N2O. The highest BCUT2D eigenvalue weighted by Crippen LogP contribution is 2.39. The van der Waals surface area contributed by atoms with Crippen LogP contribution in [0.2, 0.25) is 5.02 Å². The number of nitrogens with two attached hydrogens (primary N) is 1. The van der Waals surface area contributed by atoms with Gasteiger partial charge in [0, 0.05) is 25.0 Å². The fourth-order valence-electron chi connectivity index (χ4n) is 1.58. The van der Waals surface area contributed by atoms with Crippen molar-refractivity contribution in [2.75, 3.05) is 0 Å². The molecule has 2 N–H and O–H groups in total. The predicted octanol–water partition coefficient (Wildman–Crippen LogP) is 4.00. The summed E-state index contributed by atoms with van der Waals surface area (Å²) in [6, 6.07) is 5.05. The number of alkyl halides is 3. The number of ether oxygens (including phenoxy) is 1. The van der Waals surface area contributed by atoms with Crippen molar-refractivity contribution in [1.82, 2.24) is 4.98 Å². The van der Waals surface area contributed by atoms with Gasteiger partial charge in [-0.25, -0.2) is 0 Å². The molecule has 2 rings (SSSR count). The molecule has 0 aliphatic rings. The van der Waals surface area contributed by atoms with Crippen LogP contribution in [-0.2, 0) is 12.7 Å². The van der Waals surface area contributed by atoms with E-state index < -0.39 is 11.7 Å². The van der Waals surface area contributed by atoms with Crippen LogP contribution in [0.4, 0.5) is 13.2 Å². The van der Waals surface area contributed by atoms with E-state index in [0.29, 0.717) is 5.56 Å². The molecule has 3 nitrogen and oxygen atoms in total. The first-order valence-corrected chi connectivity index (χ1v) is 5.97. The van der Waals surface area contributed by atoms with Crippen LogP contribution in [0.5, 0.6) is 11.5 Å². The van der Waals surface area contributed by atoms with Crippen LogP contribution in [0.1, 0.15) is 11.1 Å². The normalized spacial score (nSPS) is 11.4. The maximum Gasteiger partial charge on any atom is 0.419 e. The van der Waals surface area contributed by atoms with Crippen LogP contribution in [0, 0.1) is 0 Å². The number of halogens is 4. The average molecular weight is 303 g/mol. The lowest BCUT2D eigenvalue weighted by molar-refractivity contribution is -0.138. The third-order valence-electron chi connectivity index (χ3n) is 2.54. The Bertz CT molecular complexity index is 617. The molecule has 0 aliphatic heterocycles. The highest BCUT2D eigenvalue weighted by atomic mass is 35.5. The van der Waals surface area contributed by atoms with E-state index in [-0.39, 0.29) is 23.1 Å². The van der Waals surface area contributed by atoms with Crippen LogP contribution >= 0.6 is 11.6 Å². The van der Waals surface area contributed by atoms with Crippen molar-refractivity contribution in [3.05, 3.63) is 52.8 Å². The monoisotopic (exact) mass is 302 g/mol. The fraction of sp³-hybridized carbons (Fsp3) is 0.154. The Hall–Kier alpha value is -1.79. The standard InChI is InChI=1S/C13H10ClF3N2O/c14-10-7-19-4-3-12(10)20-11-2-1-8(6-18)5-9(11)13(15,16)17/h1-5,7H,6,18H2. The second kappa shape index (κ2) is 5.68. The Labute approximate surface area is 118 Å². The third kappa shape index (κ3) is 3.20. The van der Waals surface area contributed by atoms with E-state index in [1.54, 1.807) is 0 Å². The molecule has 0 aliphatic carbocycles. The van der Waals surface area contributed by atoms with Gasteiger partial charge in [-0.05, 0) is 17.7 Å². The van der Waals surface area contributed by atoms with Gasteiger partial charge in [0.15, 0.2) is 0 Å². The fourth-order valence-corrected chi connectivity index (χ4v) is 1.74. The number of pyridine rings is 1. The molecule has 0 saturated carbocycles. The van der Waals surface area contributed by atoms with Crippen molar-refractivity contribution in [3.63, 3.8) is 0 Å². The van der Waals surface area contributed by atoms with Gasteiger partial charge in [-0.15, -0.1) is 0 Å². The first-order chi connectivity index (χ1) is 9.41. The first kappa shape index (κ1) is 14.6. The summed E-state index contributed by atoms with van der Waals surface area (Å²) in [4.78, 5) is 3.73. The van der Waals surface area contributed by atoms with Crippen LogP contribution in [0.3, 0.4) is 0 Å². The van der Waals surface area contributed by atoms with Crippen molar-refractivity contribution in [3.8, 4) is 11.5 Å². The molecule has 0 bridgehead atoms. The van der Waals surface area contributed by atoms with Gasteiger partial charge < -0.3 is 10.5 Å². The molecule has 106 valence electrons. The second-order valence-electron chi connectivity index (χ2n) is 3.94. The first-order valence-electron chi connectivity index (χ1n) is 5.59. The summed E-state index contributed by atoms with van der Waals surface area (Å²) < 4.78 is 44.2. The Morgan fingerprint density at radius 2 is 1.95 bits per heavy atom. The molecule has 1 aromatic heterocycles. The summed E-state index contributed by atoms with van der Waals surface area (Å²) >= 11 is 5.81. The molecule has 20 heavy (non-hydrogen) atoms. The third-order valence-corrected chi connectivity index (χ3v) is 2.82. The number of hydrogen-bond donors (Lipinski definition) is 1. The van der Waals surface area contributed by atoms with Crippen LogP contribution in [-0.4, -0.2) is 4.98 Å². The van der Waals surface area contributed by atoms with Crippen molar-refractivity contribution >= 4 is 11.6 Å². The number of nitrogens with zero attached hydrogens (tertiary/aromatic N) is 1. The molecule has 0 spiro atoms. The van der Waals surface area contributed by atoms with E-state index in [2.05, 4.69) is 4.98 Å². The summed E-state index contributed by atoms with van der Waals surface area (Å²) in [6.45, 7) is 0.0133. The molecule has 2 aromatic rings. The summed E-state index contributed by atoms with van der Waals surface area (Å²) in [7, 11) is 0. The molecule has 0 unspecified atom stereocenters. The molecule has 0 fully saturated rings. The Morgan fingerprint density at radius 3 is 2.55 bits per heavy atom. The molecular weight excluding hydrogens is 293 g/mol. The van der Waals surface area contributed by atoms with Gasteiger partial charge >= 0.3 is 6.18 Å². The van der Waals surface area contributed by atoms with Crippen LogP contribution in [0.25, 0.3) is 0 Å². The maximum atomic E-state index is 13.0. The Kier molecular flexibility index (Phi) is 4.15. The minimum atomic E-state index is -4.54. The number of aromatic nitrogens is 1. The lowest BCUT2D eigenvalue weighted by Crippen LogP contribution is -2.09. The largest absolute Gasteiger partial charge is 0.455 e. The minimum Gasteiger partial charge on any atom is -0.455 e. The van der Waals surface area contributed by atoms with Crippen molar-refractivity contribution in [2.45, 2.75) is 12.7 Å². The maximum absolute atomic E-state index is 13.0. The zero-order valence-corrected chi connectivity index (χ0v) is 10.9. The minimum absolute atomic E-state index is 0.0133. The Balaban J connectivity index is 2.44. The van der Waals surface area contributed by atoms with Gasteiger partial charge in [0.05, 0.1) is 5.56 Å². The van der Waals surface area contributed by atoms with Gasteiger partial charge in [-0.3, -0.25) is 4.98 Å². The van der Waals surface area contributed by atoms with Gasteiger partial charge in [-0.1, -0.05) is 17.7 Å². The number of rotatable bonds is 3. The van der Waals surface area contributed by atoms with E-state index in [0.717, 1.165) is 6.07 Å². The summed E-state index contributed by atoms with van der Waals surface area (Å²) in [5.74, 6) is -0.226. The van der Waals surface area contributed by atoms with Gasteiger partial charge in [-0.2, -0.15) is 13.2 Å². The highest BCUT2D eigenvalue weighted by molar-refractivity contribution is 6.31. The second-order valence-corrected chi connectivity index (χ2v) is 4.35. The van der Waals surface area contributed by atoms with Gasteiger partial charge in [0.1, 0.15) is 16.5 Å². The van der Waals surface area contributed by atoms with E-state index in [9.17, 15) is 13.2 Å². The molecule has 0 atom stereocenters. The zero-order chi connectivity index (χ0) is 14.8. The summed E-state index contributed by atoms with van der Waals surface area (Å²) in [5, 5.41) is 0.128. The lowest BCUT2D eigenvalue weighted by Gasteiger charge is -2.15. The SMILES string of the molecule is NCc1ccc(Oc2ccncc2Cl)c(C(F)(F)F)c1. The van der Waals surface area contributed by atoms with E-state index in [4.69, 9.17) is 22.1 Å². The molecule has 0 saturated heterocycles. The Morgan fingerprint density at radius 1 is 1.20 bits per heavy atom.